The topological polar surface area (TPSA) is 49.6 Å². The average molecular weight is 414 g/mol. The number of furan rings is 1. The summed E-state index contributed by atoms with van der Waals surface area (Å²) in [5.74, 6) is 1.55. The van der Waals surface area contributed by atoms with Crippen LogP contribution in [0.2, 0.25) is 0 Å². The molecule has 0 saturated carbocycles. The van der Waals surface area contributed by atoms with Gasteiger partial charge in [0.05, 0.1) is 6.21 Å². The Morgan fingerprint density at radius 3 is 2.56 bits per heavy atom. The van der Waals surface area contributed by atoms with Gasteiger partial charge in [0.1, 0.15) is 11.5 Å². The molecule has 0 aliphatic rings. The van der Waals surface area contributed by atoms with Gasteiger partial charge >= 0.3 is 0 Å². The summed E-state index contributed by atoms with van der Waals surface area (Å²) in [6.45, 7) is 0. The number of hydrogen-bond acceptors (Lipinski definition) is 3. The number of halogens is 1. The van der Waals surface area contributed by atoms with Crippen molar-refractivity contribution in [3.63, 3.8) is 0 Å². The first-order chi connectivity index (χ1) is 12.2. The molecule has 126 valence electrons. The summed E-state index contributed by atoms with van der Waals surface area (Å²) in [5.41, 5.74) is 4.86. The van der Waals surface area contributed by atoms with E-state index in [1.807, 2.05) is 54.6 Å². The van der Waals surface area contributed by atoms with Gasteiger partial charge in [0.25, 0.3) is 0 Å². The molecule has 25 heavy (non-hydrogen) atoms. The van der Waals surface area contributed by atoms with Crippen LogP contribution in [-0.2, 0) is 6.42 Å². The second-order valence-electron chi connectivity index (χ2n) is 5.30. The summed E-state index contributed by atoms with van der Waals surface area (Å²) >= 11 is 8.62. The van der Waals surface area contributed by atoms with Crippen molar-refractivity contribution in [1.82, 2.24) is 5.43 Å². The highest BCUT2D eigenvalue weighted by atomic mass is 79.9. The van der Waals surface area contributed by atoms with Crippen LogP contribution in [-0.4, -0.2) is 11.3 Å². The Hall–Kier alpha value is -2.44. The maximum atomic E-state index is 5.75. The van der Waals surface area contributed by atoms with Gasteiger partial charge in [-0.3, -0.25) is 5.43 Å². The highest BCUT2D eigenvalue weighted by Gasteiger charge is 2.02. The first kappa shape index (κ1) is 17.4. The lowest BCUT2D eigenvalue weighted by atomic mass is 10.1. The Labute approximate surface area is 160 Å². The molecule has 0 aliphatic carbocycles. The van der Waals surface area contributed by atoms with Gasteiger partial charge in [-0.2, -0.15) is 5.10 Å². The lowest BCUT2D eigenvalue weighted by Gasteiger charge is -2.05. The van der Waals surface area contributed by atoms with Gasteiger partial charge in [0.2, 0.25) is 0 Å². The molecule has 0 radical (unpaired) electrons. The fraction of sp³-hybridized carbons (Fsp3) is 0.0526. The fourth-order valence-corrected chi connectivity index (χ4v) is 2.63. The van der Waals surface area contributed by atoms with E-state index in [9.17, 15) is 0 Å². The number of rotatable bonds is 5. The number of anilines is 1. The van der Waals surface area contributed by atoms with E-state index in [-0.39, 0.29) is 0 Å². The zero-order valence-corrected chi connectivity index (χ0v) is 15.7. The van der Waals surface area contributed by atoms with Gasteiger partial charge in [0, 0.05) is 16.6 Å². The molecule has 0 bridgehead atoms. The van der Waals surface area contributed by atoms with E-state index >= 15 is 0 Å². The van der Waals surface area contributed by atoms with E-state index in [0.717, 1.165) is 22.3 Å². The van der Waals surface area contributed by atoms with Crippen LogP contribution in [0.25, 0.3) is 0 Å². The second-order valence-corrected chi connectivity index (χ2v) is 6.62. The Kier molecular flexibility index (Phi) is 5.98. The summed E-state index contributed by atoms with van der Waals surface area (Å²) in [6, 6.07) is 21.7. The summed E-state index contributed by atoms with van der Waals surface area (Å²) < 4.78 is 6.82. The number of thiocarbonyl (C=S) groups is 1. The van der Waals surface area contributed by atoms with Crippen molar-refractivity contribution < 1.29 is 4.42 Å². The molecule has 0 saturated heterocycles. The molecule has 0 fully saturated rings. The molecule has 2 N–H and O–H groups in total. The number of hydrazone groups is 1. The first-order valence-corrected chi connectivity index (χ1v) is 8.87. The van der Waals surface area contributed by atoms with Crippen LogP contribution >= 0.6 is 28.1 Å². The van der Waals surface area contributed by atoms with Crippen molar-refractivity contribution in [2.75, 3.05) is 5.32 Å². The Balaban J connectivity index is 1.51. The predicted molar refractivity (Wildman–Crippen MR) is 109 cm³/mol. The van der Waals surface area contributed by atoms with Gasteiger partial charge < -0.3 is 9.73 Å². The summed E-state index contributed by atoms with van der Waals surface area (Å²) in [5, 5.41) is 7.55. The van der Waals surface area contributed by atoms with Gasteiger partial charge in [-0.25, -0.2) is 0 Å². The van der Waals surface area contributed by atoms with Crippen molar-refractivity contribution in [1.29, 1.82) is 0 Å². The minimum absolute atomic E-state index is 0.420. The molecule has 6 heteroatoms. The van der Waals surface area contributed by atoms with E-state index in [2.05, 4.69) is 43.9 Å². The maximum Gasteiger partial charge on any atom is 0.191 e. The monoisotopic (exact) mass is 413 g/mol. The molecule has 1 aromatic heterocycles. The largest absolute Gasteiger partial charge is 0.460 e. The maximum absolute atomic E-state index is 5.75. The Morgan fingerprint density at radius 1 is 1.04 bits per heavy atom. The molecule has 0 spiro atoms. The highest BCUT2D eigenvalue weighted by molar-refractivity contribution is 9.10. The smallest absolute Gasteiger partial charge is 0.191 e. The lowest BCUT2D eigenvalue weighted by molar-refractivity contribution is 0.514. The minimum Gasteiger partial charge on any atom is -0.460 e. The van der Waals surface area contributed by atoms with Crippen molar-refractivity contribution in [2.24, 2.45) is 5.10 Å². The van der Waals surface area contributed by atoms with Crippen LogP contribution in [0.3, 0.4) is 0 Å². The van der Waals surface area contributed by atoms with Crippen LogP contribution in [0.4, 0.5) is 5.69 Å². The van der Waals surface area contributed by atoms with Gasteiger partial charge in [-0.15, -0.1) is 0 Å². The third-order valence-corrected chi connectivity index (χ3v) is 4.09. The lowest BCUT2D eigenvalue weighted by Crippen LogP contribution is -2.23. The molecule has 1 heterocycles. The fourth-order valence-electron chi connectivity index (χ4n) is 2.20. The summed E-state index contributed by atoms with van der Waals surface area (Å²) in [4.78, 5) is 0. The van der Waals surface area contributed by atoms with Crippen LogP contribution in [0.1, 0.15) is 17.1 Å². The molecule has 3 rings (SSSR count). The predicted octanol–water partition coefficient (Wildman–Crippen LogP) is 4.95. The third-order valence-electron chi connectivity index (χ3n) is 3.36. The van der Waals surface area contributed by atoms with Gasteiger partial charge in [0.15, 0.2) is 5.11 Å². The van der Waals surface area contributed by atoms with Crippen molar-refractivity contribution in [2.45, 2.75) is 6.42 Å². The average Bonchev–Trinajstić information content (AvgIpc) is 3.05. The van der Waals surface area contributed by atoms with Crippen molar-refractivity contribution >= 4 is 45.2 Å². The molecule has 0 unspecified atom stereocenters. The molecule has 0 aliphatic heterocycles. The minimum atomic E-state index is 0.420. The van der Waals surface area contributed by atoms with Crippen LogP contribution < -0.4 is 10.7 Å². The summed E-state index contributed by atoms with van der Waals surface area (Å²) in [7, 11) is 0. The summed E-state index contributed by atoms with van der Waals surface area (Å²) in [6.07, 6.45) is 2.34. The SMILES string of the molecule is S=C(NN=Cc1ccc(Cc2ccc(Br)cc2)o1)Nc1ccccc1. The van der Waals surface area contributed by atoms with E-state index in [1.165, 1.54) is 5.56 Å². The number of para-hydroxylation sites is 1. The molecular formula is C19H16BrN3OS. The molecule has 3 aromatic rings. The number of nitrogens with one attached hydrogen (secondary N) is 2. The van der Waals surface area contributed by atoms with E-state index in [1.54, 1.807) is 6.21 Å². The van der Waals surface area contributed by atoms with E-state index in [0.29, 0.717) is 10.9 Å². The Bertz CT molecular complexity index is 860. The zero-order chi connectivity index (χ0) is 17.5. The third kappa shape index (κ3) is 5.55. The molecular weight excluding hydrogens is 398 g/mol. The number of benzene rings is 2. The van der Waals surface area contributed by atoms with Crippen LogP contribution in [0.15, 0.2) is 80.7 Å². The first-order valence-electron chi connectivity index (χ1n) is 7.67. The van der Waals surface area contributed by atoms with E-state index < -0.39 is 0 Å². The van der Waals surface area contributed by atoms with Crippen molar-refractivity contribution in [3.8, 4) is 0 Å². The molecule has 0 atom stereocenters. The molecule has 2 aromatic carbocycles. The Morgan fingerprint density at radius 2 is 1.80 bits per heavy atom. The molecule has 4 nitrogen and oxygen atoms in total. The zero-order valence-electron chi connectivity index (χ0n) is 13.3. The van der Waals surface area contributed by atoms with E-state index in [4.69, 9.17) is 16.6 Å². The standard InChI is InChI=1S/C19H16BrN3OS/c20-15-8-6-14(7-9-15)12-17-10-11-18(24-17)13-21-23-19(25)22-16-4-2-1-3-5-16/h1-11,13H,12H2,(H2,22,23,25). The van der Waals surface area contributed by atoms with Gasteiger partial charge in [-0.1, -0.05) is 46.3 Å². The quantitative estimate of drug-likeness (QED) is 0.352. The number of hydrogen-bond donors (Lipinski definition) is 2. The van der Waals surface area contributed by atoms with Crippen LogP contribution in [0, 0.1) is 0 Å². The van der Waals surface area contributed by atoms with Crippen molar-refractivity contribution in [3.05, 3.63) is 88.3 Å². The normalized spacial score (nSPS) is 10.8. The second kappa shape index (κ2) is 8.60. The number of nitrogens with zero attached hydrogens (tertiary/aromatic N) is 1. The molecule has 0 amide bonds. The van der Waals surface area contributed by atoms with Gasteiger partial charge in [-0.05, 0) is 54.2 Å². The highest BCUT2D eigenvalue weighted by Crippen LogP contribution is 2.15. The van der Waals surface area contributed by atoms with Crippen LogP contribution in [0.5, 0.6) is 0 Å².